The van der Waals surface area contributed by atoms with Gasteiger partial charge in [-0.15, -0.1) is 0 Å². The Balaban J connectivity index is 1.73. The van der Waals surface area contributed by atoms with Crippen molar-refractivity contribution in [2.45, 2.75) is 58.0 Å². The number of piperazine rings is 1. The normalized spacial score (nSPS) is 24.2. The molecule has 2 aliphatic rings. The Kier molecular flexibility index (Phi) is 5.40. The summed E-state index contributed by atoms with van der Waals surface area (Å²) in [4.78, 5) is 27.8. The van der Waals surface area contributed by atoms with E-state index in [0.29, 0.717) is 6.04 Å². The molecule has 0 bridgehead atoms. The molecule has 2 aliphatic heterocycles. The van der Waals surface area contributed by atoms with Crippen molar-refractivity contribution in [1.82, 2.24) is 15.1 Å². The first kappa shape index (κ1) is 15.3. The third-order valence-electron chi connectivity index (χ3n) is 4.36. The van der Waals surface area contributed by atoms with Crippen LogP contribution in [0.3, 0.4) is 0 Å². The topological polar surface area (TPSA) is 52.7 Å². The van der Waals surface area contributed by atoms with E-state index in [2.05, 4.69) is 19.2 Å². The molecule has 0 aromatic carbocycles. The van der Waals surface area contributed by atoms with Crippen LogP contribution < -0.4 is 5.32 Å². The van der Waals surface area contributed by atoms with Gasteiger partial charge in [0.05, 0.1) is 6.54 Å². The minimum absolute atomic E-state index is 0.133. The molecule has 2 saturated heterocycles. The first-order chi connectivity index (χ1) is 9.63. The number of unbranched alkanes of at least 4 members (excludes halogenated alkanes) is 1. The van der Waals surface area contributed by atoms with Crippen molar-refractivity contribution in [3.05, 3.63) is 0 Å². The van der Waals surface area contributed by atoms with Gasteiger partial charge < -0.3 is 15.1 Å². The molecule has 5 heteroatoms. The molecule has 2 amide bonds. The summed E-state index contributed by atoms with van der Waals surface area (Å²) in [5.41, 5.74) is 0. The minimum atomic E-state index is -0.156. The van der Waals surface area contributed by atoms with E-state index < -0.39 is 0 Å². The molecule has 114 valence electrons. The Bertz CT molecular complexity index is 359. The van der Waals surface area contributed by atoms with Gasteiger partial charge in [0.25, 0.3) is 0 Å². The van der Waals surface area contributed by atoms with Crippen LogP contribution in [-0.2, 0) is 9.59 Å². The van der Waals surface area contributed by atoms with Crippen molar-refractivity contribution in [1.29, 1.82) is 0 Å². The molecule has 2 atom stereocenters. The van der Waals surface area contributed by atoms with Gasteiger partial charge in [-0.05, 0) is 39.2 Å². The van der Waals surface area contributed by atoms with Crippen molar-refractivity contribution in [2.75, 3.05) is 26.2 Å². The summed E-state index contributed by atoms with van der Waals surface area (Å²) in [5, 5.41) is 3.39. The average Bonchev–Trinajstić information content (AvgIpc) is 2.90. The van der Waals surface area contributed by atoms with E-state index in [0.717, 1.165) is 51.7 Å². The number of hydrogen-bond donors (Lipinski definition) is 1. The minimum Gasteiger partial charge on any atom is -0.332 e. The second-order valence-corrected chi connectivity index (χ2v) is 5.96. The van der Waals surface area contributed by atoms with E-state index in [1.54, 1.807) is 9.80 Å². The largest absolute Gasteiger partial charge is 0.332 e. The van der Waals surface area contributed by atoms with Crippen LogP contribution in [0.25, 0.3) is 0 Å². The molecule has 2 unspecified atom stereocenters. The molecule has 0 aliphatic carbocycles. The van der Waals surface area contributed by atoms with Gasteiger partial charge in [0.2, 0.25) is 11.8 Å². The average molecular weight is 281 g/mol. The van der Waals surface area contributed by atoms with Gasteiger partial charge in [-0.2, -0.15) is 0 Å². The zero-order valence-corrected chi connectivity index (χ0v) is 12.7. The molecule has 5 nitrogen and oxygen atoms in total. The van der Waals surface area contributed by atoms with E-state index in [4.69, 9.17) is 0 Å². The van der Waals surface area contributed by atoms with Gasteiger partial charge in [-0.3, -0.25) is 9.59 Å². The van der Waals surface area contributed by atoms with Crippen LogP contribution in [0.4, 0.5) is 0 Å². The fourth-order valence-corrected chi connectivity index (χ4v) is 3.26. The highest BCUT2D eigenvalue weighted by Gasteiger charge is 2.41. The van der Waals surface area contributed by atoms with Gasteiger partial charge in [0, 0.05) is 19.1 Å². The predicted octanol–water partition coefficient (Wildman–Crippen LogP) is 0.988. The highest BCUT2D eigenvalue weighted by Crippen LogP contribution is 2.23. The van der Waals surface area contributed by atoms with Crippen LogP contribution >= 0.6 is 0 Å². The Morgan fingerprint density at radius 3 is 2.90 bits per heavy atom. The molecule has 2 fully saturated rings. The standard InChI is InChI=1S/C15H27N3O2/c1-3-16-12(2)7-4-5-9-17-11-14(19)18-10-6-8-13(18)15(17)20/h12-13,16H,3-11H2,1-2H3. The predicted molar refractivity (Wildman–Crippen MR) is 78.3 cm³/mol. The molecule has 0 aromatic heterocycles. The summed E-state index contributed by atoms with van der Waals surface area (Å²) in [6, 6.07) is 0.376. The van der Waals surface area contributed by atoms with Crippen LogP contribution in [0.15, 0.2) is 0 Å². The Morgan fingerprint density at radius 2 is 2.15 bits per heavy atom. The van der Waals surface area contributed by atoms with Crippen LogP contribution in [-0.4, -0.2) is 59.9 Å². The van der Waals surface area contributed by atoms with Crippen molar-refractivity contribution in [3.63, 3.8) is 0 Å². The number of carbonyl (C=O) groups excluding carboxylic acids is 2. The SMILES string of the molecule is CCNC(C)CCCCN1CC(=O)N2CCCC2C1=O. The molecule has 0 spiro atoms. The second-order valence-electron chi connectivity index (χ2n) is 5.96. The summed E-state index contributed by atoms with van der Waals surface area (Å²) in [5.74, 6) is 0.301. The molecule has 2 heterocycles. The number of hydrogen-bond acceptors (Lipinski definition) is 3. The zero-order chi connectivity index (χ0) is 14.5. The number of fused-ring (bicyclic) bond motifs is 1. The van der Waals surface area contributed by atoms with Crippen LogP contribution in [0.5, 0.6) is 0 Å². The van der Waals surface area contributed by atoms with Gasteiger partial charge in [0.1, 0.15) is 6.04 Å². The van der Waals surface area contributed by atoms with Gasteiger partial charge in [0.15, 0.2) is 0 Å². The summed E-state index contributed by atoms with van der Waals surface area (Å²) in [6.07, 6.45) is 5.02. The highest BCUT2D eigenvalue weighted by molar-refractivity contribution is 5.95. The fraction of sp³-hybridized carbons (Fsp3) is 0.867. The van der Waals surface area contributed by atoms with Crippen molar-refractivity contribution < 1.29 is 9.59 Å². The van der Waals surface area contributed by atoms with E-state index in [1.165, 1.54) is 0 Å². The number of amides is 2. The first-order valence-electron chi connectivity index (χ1n) is 7.95. The fourth-order valence-electron chi connectivity index (χ4n) is 3.26. The maximum atomic E-state index is 12.3. The summed E-state index contributed by atoms with van der Waals surface area (Å²) < 4.78 is 0. The molecule has 20 heavy (non-hydrogen) atoms. The van der Waals surface area contributed by atoms with Crippen molar-refractivity contribution in [3.8, 4) is 0 Å². The van der Waals surface area contributed by atoms with Crippen LogP contribution in [0.1, 0.15) is 46.0 Å². The van der Waals surface area contributed by atoms with E-state index >= 15 is 0 Å². The molecular formula is C15H27N3O2. The smallest absolute Gasteiger partial charge is 0.245 e. The van der Waals surface area contributed by atoms with Crippen molar-refractivity contribution >= 4 is 11.8 Å². The first-order valence-corrected chi connectivity index (χ1v) is 7.95. The molecular weight excluding hydrogens is 254 g/mol. The molecule has 2 rings (SSSR count). The monoisotopic (exact) mass is 281 g/mol. The summed E-state index contributed by atoms with van der Waals surface area (Å²) in [6.45, 7) is 7.09. The lowest BCUT2D eigenvalue weighted by Gasteiger charge is -2.36. The molecule has 0 aromatic rings. The summed E-state index contributed by atoms with van der Waals surface area (Å²) >= 11 is 0. The summed E-state index contributed by atoms with van der Waals surface area (Å²) in [7, 11) is 0. The number of nitrogens with one attached hydrogen (secondary N) is 1. The van der Waals surface area contributed by atoms with Crippen molar-refractivity contribution in [2.24, 2.45) is 0 Å². The highest BCUT2D eigenvalue weighted by atomic mass is 16.2. The lowest BCUT2D eigenvalue weighted by Crippen LogP contribution is -2.57. The van der Waals surface area contributed by atoms with Gasteiger partial charge in [-0.25, -0.2) is 0 Å². The third-order valence-corrected chi connectivity index (χ3v) is 4.36. The van der Waals surface area contributed by atoms with E-state index in [9.17, 15) is 9.59 Å². The van der Waals surface area contributed by atoms with Crippen LogP contribution in [0, 0.1) is 0 Å². The molecule has 0 saturated carbocycles. The van der Waals surface area contributed by atoms with Gasteiger partial charge in [-0.1, -0.05) is 13.3 Å². The Morgan fingerprint density at radius 1 is 1.35 bits per heavy atom. The van der Waals surface area contributed by atoms with E-state index in [-0.39, 0.29) is 24.4 Å². The number of rotatable bonds is 7. The second kappa shape index (κ2) is 7.07. The van der Waals surface area contributed by atoms with Crippen LogP contribution in [0.2, 0.25) is 0 Å². The third kappa shape index (κ3) is 3.51. The maximum absolute atomic E-state index is 12.3. The number of nitrogens with zero attached hydrogens (tertiary/aromatic N) is 2. The molecule has 1 N–H and O–H groups in total. The van der Waals surface area contributed by atoms with Gasteiger partial charge >= 0.3 is 0 Å². The number of carbonyl (C=O) groups is 2. The quantitative estimate of drug-likeness (QED) is 0.708. The Labute approximate surface area is 121 Å². The van der Waals surface area contributed by atoms with E-state index in [1.807, 2.05) is 0 Å². The molecule has 0 radical (unpaired) electrons. The maximum Gasteiger partial charge on any atom is 0.245 e. The lowest BCUT2D eigenvalue weighted by atomic mass is 10.1. The lowest BCUT2D eigenvalue weighted by molar-refractivity contribution is -0.153. The Hall–Kier alpha value is -1.10. The zero-order valence-electron chi connectivity index (χ0n) is 12.7.